The van der Waals surface area contributed by atoms with E-state index in [0.717, 1.165) is 42.7 Å². The smallest absolute Gasteiger partial charge is 0.241 e. The van der Waals surface area contributed by atoms with Crippen LogP contribution in [-0.4, -0.2) is 33.0 Å². The van der Waals surface area contributed by atoms with Crippen LogP contribution in [0.2, 0.25) is 0 Å². The summed E-state index contributed by atoms with van der Waals surface area (Å²) in [5.74, 6) is 0. The molecule has 1 aliphatic rings. The van der Waals surface area contributed by atoms with E-state index < -0.39 is 10.0 Å². The Kier molecular flexibility index (Phi) is 5.27. The highest BCUT2D eigenvalue weighted by Gasteiger charge is 2.21. The molecule has 2 aromatic carbocycles. The Labute approximate surface area is 150 Å². The Hall–Kier alpha value is -1.69. The summed E-state index contributed by atoms with van der Waals surface area (Å²) < 4.78 is 28.2. The first-order valence-corrected chi connectivity index (χ1v) is 10.2. The van der Waals surface area contributed by atoms with Crippen LogP contribution >= 0.6 is 0 Å². The van der Waals surface area contributed by atoms with E-state index in [4.69, 9.17) is 0 Å². The van der Waals surface area contributed by atoms with Crippen molar-refractivity contribution in [2.24, 2.45) is 0 Å². The molecule has 0 bridgehead atoms. The van der Waals surface area contributed by atoms with E-state index in [2.05, 4.69) is 33.9 Å². The minimum absolute atomic E-state index is 0.419. The average molecular weight is 359 g/mol. The van der Waals surface area contributed by atoms with Crippen molar-refractivity contribution < 1.29 is 8.42 Å². The van der Waals surface area contributed by atoms with Crippen molar-refractivity contribution in [1.29, 1.82) is 0 Å². The number of hydrogen-bond acceptors (Lipinski definition) is 3. The molecule has 3 rings (SSSR count). The zero-order valence-corrected chi connectivity index (χ0v) is 16.0. The summed E-state index contributed by atoms with van der Waals surface area (Å²) in [6.45, 7) is 8.71. The van der Waals surface area contributed by atoms with E-state index in [0.29, 0.717) is 11.4 Å². The second-order valence-electron chi connectivity index (χ2n) is 6.92. The molecule has 1 heterocycles. The molecule has 134 valence electrons. The summed E-state index contributed by atoms with van der Waals surface area (Å²) in [6, 6.07) is 12.3. The van der Waals surface area contributed by atoms with E-state index in [1.807, 2.05) is 32.9 Å². The van der Waals surface area contributed by atoms with Gasteiger partial charge in [-0.15, -0.1) is 0 Å². The van der Waals surface area contributed by atoms with Crippen molar-refractivity contribution in [2.75, 3.05) is 19.6 Å². The molecule has 1 N–H and O–H groups in total. The lowest BCUT2D eigenvalue weighted by atomic mass is 10.0. The Morgan fingerprint density at radius 1 is 1.04 bits per heavy atom. The number of nitrogens with zero attached hydrogens (tertiary/aromatic N) is 1. The number of fused-ring (bicyclic) bond motifs is 1. The minimum Gasteiger partial charge on any atom is -0.297 e. The SMILES string of the molecule is Cc1cc(C)c(S(=O)(=O)NCCN2CCc3ccccc3C2)c(C)c1. The lowest BCUT2D eigenvalue weighted by Crippen LogP contribution is -2.38. The van der Waals surface area contributed by atoms with E-state index in [1.54, 1.807) is 0 Å². The highest BCUT2D eigenvalue weighted by Crippen LogP contribution is 2.22. The third-order valence-corrected chi connectivity index (χ3v) is 6.57. The maximum absolute atomic E-state index is 12.7. The topological polar surface area (TPSA) is 49.4 Å². The summed E-state index contributed by atoms with van der Waals surface area (Å²) in [5.41, 5.74) is 5.45. The molecule has 2 aromatic rings. The van der Waals surface area contributed by atoms with Gasteiger partial charge in [-0.1, -0.05) is 42.0 Å². The highest BCUT2D eigenvalue weighted by atomic mass is 32.2. The number of sulfonamides is 1. The number of hydrogen-bond donors (Lipinski definition) is 1. The molecule has 0 spiro atoms. The van der Waals surface area contributed by atoms with Gasteiger partial charge in [0.25, 0.3) is 0 Å². The standard InChI is InChI=1S/C20H26N2O2S/c1-15-12-16(2)20(17(3)13-15)25(23,24)21-9-11-22-10-8-18-6-4-5-7-19(18)14-22/h4-7,12-13,21H,8-11,14H2,1-3H3. The molecule has 0 fully saturated rings. The predicted molar refractivity (Wildman–Crippen MR) is 101 cm³/mol. The van der Waals surface area contributed by atoms with Crippen LogP contribution in [0.15, 0.2) is 41.3 Å². The maximum atomic E-state index is 12.7. The molecule has 0 saturated heterocycles. The number of rotatable bonds is 5. The third-order valence-electron chi connectivity index (χ3n) is 4.80. The van der Waals surface area contributed by atoms with E-state index >= 15 is 0 Å². The molecule has 0 unspecified atom stereocenters. The molecule has 0 radical (unpaired) electrons. The van der Waals surface area contributed by atoms with E-state index in [9.17, 15) is 8.42 Å². The van der Waals surface area contributed by atoms with Crippen LogP contribution in [0.3, 0.4) is 0 Å². The van der Waals surface area contributed by atoms with Crippen LogP contribution in [0.4, 0.5) is 0 Å². The van der Waals surface area contributed by atoms with Crippen LogP contribution in [0.5, 0.6) is 0 Å². The van der Waals surface area contributed by atoms with Crippen LogP contribution in [0.1, 0.15) is 27.8 Å². The summed E-state index contributed by atoms with van der Waals surface area (Å²) in [6.07, 6.45) is 1.03. The van der Waals surface area contributed by atoms with Crippen LogP contribution in [-0.2, 0) is 23.0 Å². The van der Waals surface area contributed by atoms with Gasteiger partial charge in [-0.3, -0.25) is 4.90 Å². The Bertz CT molecular complexity index is 852. The molecule has 4 nitrogen and oxygen atoms in total. The fourth-order valence-corrected chi connectivity index (χ4v) is 5.22. The van der Waals surface area contributed by atoms with E-state index in [1.165, 1.54) is 11.1 Å². The molecule has 1 aliphatic heterocycles. The van der Waals surface area contributed by atoms with Crippen molar-refractivity contribution >= 4 is 10.0 Å². The van der Waals surface area contributed by atoms with Gasteiger partial charge in [0.05, 0.1) is 4.90 Å². The van der Waals surface area contributed by atoms with Gasteiger partial charge in [0.15, 0.2) is 0 Å². The Balaban J connectivity index is 1.63. The summed E-state index contributed by atoms with van der Waals surface area (Å²) in [4.78, 5) is 2.72. The fraction of sp³-hybridized carbons (Fsp3) is 0.400. The Morgan fingerprint density at radius 3 is 2.36 bits per heavy atom. The quantitative estimate of drug-likeness (QED) is 0.894. The first-order valence-electron chi connectivity index (χ1n) is 8.73. The highest BCUT2D eigenvalue weighted by molar-refractivity contribution is 7.89. The molecule has 0 saturated carbocycles. The van der Waals surface area contributed by atoms with Crippen molar-refractivity contribution in [3.63, 3.8) is 0 Å². The van der Waals surface area contributed by atoms with Crippen molar-refractivity contribution in [1.82, 2.24) is 9.62 Å². The summed E-state index contributed by atoms with van der Waals surface area (Å²) >= 11 is 0. The number of aryl methyl sites for hydroxylation is 3. The monoisotopic (exact) mass is 358 g/mol. The van der Waals surface area contributed by atoms with Gasteiger partial charge in [-0.25, -0.2) is 13.1 Å². The lowest BCUT2D eigenvalue weighted by Gasteiger charge is -2.28. The van der Waals surface area contributed by atoms with Crippen molar-refractivity contribution in [3.8, 4) is 0 Å². The first kappa shape index (κ1) is 18.1. The largest absolute Gasteiger partial charge is 0.297 e. The molecule has 0 aliphatic carbocycles. The van der Waals surface area contributed by atoms with Crippen molar-refractivity contribution in [3.05, 3.63) is 64.2 Å². The van der Waals surface area contributed by atoms with E-state index in [-0.39, 0.29) is 0 Å². The van der Waals surface area contributed by atoms with Gasteiger partial charge >= 0.3 is 0 Å². The van der Waals surface area contributed by atoms with Crippen LogP contribution < -0.4 is 4.72 Å². The molecule has 25 heavy (non-hydrogen) atoms. The predicted octanol–water partition coefficient (Wildman–Crippen LogP) is 2.95. The Morgan fingerprint density at radius 2 is 1.68 bits per heavy atom. The molecule has 0 aromatic heterocycles. The number of benzene rings is 2. The van der Waals surface area contributed by atoms with Crippen molar-refractivity contribution in [2.45, 2.75) is 38.6 Å². The molecule has 5 heteroatoms. The van der Waals surface area contributed by atoms with Gasteiger partial charge in [0, 0.05) is 26.2 Å². The van der Waals surface area contributed by atoms with Crippen LogP contribution in [0.25, 0.3) is 0 Å². The van der Waals surface area contributed by atoms with Gasteiger partial charge < -0.3 is 0 Å². The molecular formula is C20H26N2O2S. The summed E-state index contributed by atoms with van der Waals surface area (Å²) in [5, 5.41) is 0. The summed E-state index contributed by atoms with van der Waals surface area (Å²) in [7, 11) is -3.48. The fourth-order valence-electron chi connectivity index (χ4n) is 3.75. The molecule has 0 atom stereocenters. The average Bonchev–Trinajstić information content (AvgIpc) is 2.53. The lowest BCUT2D eigenvalue weighted by molar-refractivity contribution is 0.258. The second kappa shape index (κ2) is 7.28. The number of nitrogens with one attached hydrogen (secondary N) is 1. The minimum atomic E-state index is -3.48. The second-order valence-corrected chi connectivity index (χ2v) is 8.62. The zero-order valence-electron chi connectivity index (χ0n) is 15.2. The van der Waals surface area contributed by atoms with Gasteiger partial charge in [-0.05, 0) is 49.4 Å². The normalized spacial score (nSPS) is 15.2. The van der Waals surface area contributed by atoms with Gasteiger partial charge in [0.1, 0.15) is 0 Å². The van der Waals surface area contributed by atoms with Gasteiger partial charge in [0.2, 0.25) is 10.0 Å². The van der Waals surface area contributed by atoms with Crippen LogP contribution in [0, 0.1) is 20.8 Å². The molecular weight excluding hydrogens is 332 g/mol. The first-order chi connectivity index (χ1) is 11.9. The zero-order chi connectivity index (χ0) is 18.0. The third kappa shape index (κ3) is 4.11. The van der Waals surface area contributed by atoms with Gasteiger partial charge in [-0.2, -0.15) is 0 Å². The molecule has 0 amide bonds. The maximum Gasteiger partial charge on any atom is 0.241 e.